The van der Waals surface area contributed by atoms with Gasteiger partial charge >= 0.3 is 6.09 Å². The van der Waals surface area contributed by atoms with Crippen molar-refractivity contribution in [2.75, 3.05) is 19.0 Å². The van der Waals surface area contributed by atoms with Crippen LogP contribution in [-0.2, 0) is 25.1 Å². The van der Waals surface area contributed by atoms with E-state index in [2.05, 4.69) is 22.5 Å². The summed E-state index contributed by atoms with van der Waals surface area (Å²) in [7, 11) is -2.55. The Morgan fingerprint density at radius 2 is 1.78 bits per heavy atom. The van der Waals surface area contributed by atoms with Gasteiger partial charge in [0.05, 0.1) is 31.0 Å². The molecule has 0 bridgehead atoms. The van der Waals surface area contributed by atoms with Gasteiger partial charge in [-0.2, -0.15) is 0 Å². The lowest BCUT2D eigenvalue weighted by Crippen LogP contribution is -2.58. The smallest absolute Gasteiger partial charge is 0.408 e. The van der Waals surface area contributed by atoms with Crippen molar-refractivity contribution in [1.82, 2.24) is 25.5 Å². The second kappa shape index (κ2) is 18.3. The largest absolute Gasteiger partial charge is 0.497 e. The number of rotatable bonds is 15. The quantitative estimate of drug-likeness (QED) is 0.0662. The maximum absolute atomic E-state index is 15.0. The number of nitrogens with one attached hydrogen (secondary N) is 3. The van der Waals surface area contributed by atoms with Crippen LogP contribution in [0.1, 0.15) is 89.8 Å². The SMILES string of the molecule is C=C[C@@H]1C[C@]1(NC(=O)[C@@H]1C[C@@H](Oc2cc(-c3csc(NC(C)C)n3)nc3cc(OC)ccc23)CN1C(=O)[C@@H](NC(=O)OC1CCCC1)C(C)(C)C)P(=O)(O)Cc1c(C)cccc1C. The van der Waals surface area contributed by atoms with Crippen molar-refractivity contribution in [2.24, 2.45) is 11.3 Å². The summed E-state index contributed by atoms with van der Waals surface area (Å²) in [5, 5.41) is 11.1. The first-order chi connectivity index (χ1) is 29.8. The van der Waals surface area contributed by atoms with E-state index < -0.39 is 60.1 Å². The second-order valence-electron chi connectivity index (χ2n) is 18.7. The summed E-state index contributed by atoms with van der Waals surface area (Å²) < 4.78 is 32.7. The number of methoxy groups -OCH3 is 1. The molecule has 63 heavy (non-hydrogen) atoms. The summed E-state index contributed by atoms with van der Waals surface area (Å²) in [4.78, 5) is 66.2. The van der Waals surface area contributed by atoms with Gasteiger partial charge < -0.3 is 40.0 Å². The lowest BCUT2D eigenvalue weighted by molar-refractivity contribution is -0.142. The number of benzene rings is 2. The molecule has 2 aromatic carbocycles. The van der Waals surface area contributed by atoms with Crippen molar-refractivity contribution in [3.8, 4) is 22.9 Å². The molecule has 1 saturated heterocycles. The van der Waals surface area contributed by atoms with Gasteiger partial charge in [-0.3, -0.25) is 14.2 Å². The summed E-state index contributed by atoms with van der Waals surface area (Å²) in [5.41, 5.74) is 3.53. The number of hydrogen-bond donors (Lipinski definition) is 4. The van der Waals surface area contributed by atoms with Gasteiger partial charge in [0.25, 0.3) is 0 Å². The first-order valence-electron chi connectivity index (χ1n) is 21.8. The summed E-state index contributed by atoms with van der Waals surface area (Å²) in [5.74, 6) is -0.483. The van der Waals surface area contributed by atoms with Crippen LogP contribution >= 0.6 is 18.7 Å². The molecule has 1 aliphatic heterocycles. The number of carbonyl (C=O) groups is 3. The number of hydrogen-bond acceptors (Lipinski definition) is 11. The standard InChI is InChI=1S/C47H61N6O8PS/c1-10-30-23-47(30,62(57,58)25-35-28(4)14-13-15-29(35)5)52-42(54)39-21-33(24-53(39)43(55)41(46(6,7)8)51-45(56)61-31-16-11-12-17-31)60-40-22-37(38-26-63-44(50-38)48-27(2)3)49-36-20-32(59-9)18-19-34(36)40/h10,13-15,18-20,22,26-27,30-31,33,39,41H,1,11-12,16-17,21,23-25H2,2-9H3,(H,48,50)(H,51,56)(H,52,54)(H,57,58)/t30-,33-,39+,41-,47+/m1/s1. The number of pyridine rings is 1. The van der Waals surface area contributed by atoms with E-state index in [-0.39, 0.29) is 37.7 Å². The Balaban J connectivity index is 1.23. The highest BCUT2D eigenvalue weighted by molar-refractivity contribution is 7.59. The number of aryl methyl sites for hydroxylation is 2. The summed E-state index contributed by atoms with van der Waals surface area (Å²) in [6.45, 7) is 17.3. The van der Waals surface area contributed by atoms with E-state index in [1.165, 1.54) is 16.2 Å². The average molecular weight is 901 g/mol. The predicted molar refractivity (Wildman–Crippen MR) is 246 cm³/mol. The third-order valence-electron chi connectivity index (χ3n) is 12.5. The number of fused-ring (bicyclic) bond motifs is 1. The van der Waals surface area contributed by atoms with Crippen LogP contribution in [0.4, 0.5) is 9.93 Å². The Morgan fingerprint density at radius 3 is 2.41 bits per heavy atom. The Bertz CT molecular complexity index is 2410. The number of amides is 3. The average Bonchev–Trinajstić information content (AvgIpc) is 3.62. The molecule has 3 fully saturated rings. The number of carbonyl (C=O) groups excluding carboxylic acids is 3. The minimum Gasteiger partial charge on any atom is -0.497 e. The van der Waals surface area contributed by atoms with E-state index in [4.69, 9.17) is 24.2 Å². The molecule has 2 saturated carbocycles. The number of likely N-dealkylation sites (tertiary alicyclic amines) is 1. The molecule has 0 radical (unpaired) electrons. The number of anilines is 1. The van der Waals surface area contributed by atoms with Gasteiger partial charge in [-0.1, -0.05) is 45.0 Å². The molecular weight excluding hydrogens is 840 g/mol. The molecule has 3 amide bonds. The molecule has 4 aromatic rings. The zero-order valence-electron chi connectivity index (χ0n) is 37.5. The number of aromatic nitrogens is 2. The predicted octanol–water partition coefficient (Wildman–Crippen LogP) is 8.72. The van der Waals surface area contributed by atoms with Gasteiger partial charge in [0.2, 0.25) is 19.2 Å². The maximum atomic E-state index is 15.0. The Labute approximate surface area is 374 Å². The minimum atomic E-state index is -4.13. The normalized spacial score (nSPS) is 22.6. The van der Waals surface area contributed by atoms with Gasteiger partial charge in [-0.25, -0.2) is 14.8 Å². The molecular formula is C47H61N6O8PS. The third kappa shape index (κ3) is 9.90. The van der Waals surface area contributed by atoms with Crippen molar-refractivity contribution >= 4 is 52.6 Å². The monoisotopic (exact) mass is 900 g/mol. The summed E-state index contributed by atoms with van der Waals surface area (Å²) in [6.07, 6.45) is 3.57. The highest BCUT2D eigenvalue weighted by Gasteiger charge is 2.66. The van der Waals surface area contributed by atoms with Crippen LogP contribution in [0, 0.1) is 25.2 Å². The third-order valence-corrected chi connectivity index (χ3v) is 15.9. The zero-order chi connectivity index (χ0) is 45.4. The number of ether oxygens (including phenoxy) is 3. The van der Waals surface area contributed by atoms with Crippen molar-refractivity contribution in [2.45, 2.75) is 129 Å². The molecule has 3 heterocycles. The maximum Gasteiger partial charge on any atom is 0.408 e. The first kappa shape index (κ1) is 46.0. The van der Waals surface area contributed by atoms with E-state index in [1.54, 1.807) is 13.2 Å². The molecule has 0 spiro atoms. The highest BCUT2D eigenvalue weighted by atomic mass is 32.1. The Hall–Kier alpha value is -4.98. The van der Waals surface area contributed by atoms with Crippen LogP contribution in [0.5, 0.6) is 11.5 Å². The number of nitrogens with zero attached hydrogens (tertiary/aromatic N) is 3. The molecule has 2 aliphatic carbocycles. The van der Waals surface area contributed by atoms with Crippen LogP contribution < -0.4 is 25.4 Å². The molecule has 16 heteroatoms. The van der Waals surface area contributed by atoms with Gasteiger partial charge in [-0.15, -0.1) is 17.9 Å². The van der Waals surface area contributed by atoms with Gasteiger partial charge in [0.1, 0.15) is 46.8 Å². The molecule has 1 unspecified atom stereocenters. The Kier molecular flexibility index (Phi) is 13.3. The van der Waals surface area contributed by atoms with Gasteiger partial charge in [0.15, 0.2) is 5.13 Å². The van der Waals surface area contributed by atoms with E-state index in [1.807, 2.05) is 96.3 Å². The molecule has 4 N–H and O–H groups in total. The summed E-state index contributed by atoms with van der Waals surface area (Å²) >= 11 is 1.46. The van der Waals surface area contributed by atoms with E-state index in [9.17, 15) is 23.8 Å². The molecule has 338 valence electrons. The van der Waals surface area contributed by atoms with Crippen molar-refractivity contribution in [1.29, 1.82) is 0 Å². The highest BCUT2D eigenvalue weighted by Crippen LogP contribution is 2.71. The second-order valence-corrected chi connectivity index (χ2v) is 22.0. The van der Waals surface area contributed by atoms with Crippen LogP contribution in [0.3, 0.4) is 0 Å². The van der Waals surface area contributed by atoms with E-state index >= 15 is 0 Å². The Morgan fingerprint density at radius 1 is 1.06 bits per heavy atom. The molecule has 6 atom stereocenters. The van der Waals surface area contributed by atoms with Crippen LogP contribution in [-0.4, -0.2) is 86.9 Å². The van der Waals surface area contributed by atoms with Crippen molar-refractivity contribution in [3.05, 3.63) is 77.2 Å². The van der Waals surface area contributed by atoms with Crippen LogP contribution in [0.2, 0.25) is 0 Å². The van der Waals surface area contributed by atoms with Gasteiger partial charge in [0, 0.05) is 41.3 Å². The first-order valence-corrected chi connectivity index (χ1v) is 24.5. The molecule has 14 nitrogen and oxygen atoms in total. The fourth-order valence-electron chi connectivity index (χ4n) is 8.85. The topological polar surface area (TPSA) is 181 Å². The van der Waals surface area contributed by atoms with E-state index in [0.29, 0.717) is 33.8 Å². The molecule has 2 aromatic heterocycles. The van der Waals surface area contributed by atoms with E-state index in [0.717, 1.165) is 47.5 Å². The fourth-order valence-corrected chi connectivity index (χ4v) is 12.3. The molecule has 7 rings (SSSR count). The van der Waals surface area contributed by atoms with Crippen LogP contribution in [0.25, 0.3) is 22.3 Å². The summed E-state index contributed by atoms with van der Waals surface area (Å²) in [6, 6.07) is 11.0. The van der Waals surface area contributed by atoms with Crippen LogP contribution in [0.15, 0.2) is 60.5 Å². The zero-order valence-corrected chi connectivity index (χ0v) is 39.2. The lowest BCUT2D eigenvalue weighted by Gasteiger charge is -2.36. The van der Waals surface area contributed by atoms with Gasteiger partial charge in [-0.05, 0) is 94.0 Å². The van der Waals surface area contributed by atoms with Crippen molar-refractivity contribution in [3.63, 3.8) is 0 Å². The minimum absolute atomic E-state index is 0.0195. The number of alkyl carbamates (subject to hydrolysis) is 1. The van der Waals surface area contributed by atoms with Crippen molar-refractivity contribution < 1.29 is 38.1 Å². The number of thiazole rings is 1. The fraction of sp³-hybridized carbons (Fsp3) is 0.511. The lowest BCUT2D eigenvalue weighted by atomic mass is 9.85. The molecule has 3 aliphatic rings.